The van der Waals surface area contributed by atoms with Crippen LogP contribution < -0.4 is 5.32 Å². The maximum absolute atomic E-state index is 12.5. The molecule has 2 aliphatic rings. The van der Waals surface area contributed by atoms with E-state index < -0.39 is 45.6 Å². The average molecular weight is 504 g/mol. The molecule has 1 amide bonds. The Morgan fingerprint density at radius 2 is 2.12 bits per heavy atom. The highest BCUT2D eigenvalue weighted by atomic mass is 32.2. The third kappa shape index (κ3) is 4.59. The number of carbonyl (C=O) groups is 2. The van der Waals surface area contributed by atoms with Gasteiger partial charge in [0, 0.05) is 22.8 Å². The van der Waals surface area contributed by atoms with Crippen LogP contribution in [0.3, 0.4) is 0 Å². The van der Waals surface area contributed by atoms with Gasteiger partial charge >= 0.3 is 12.1 Å². The predicted octanol–water partition coefficient (Wildman–Crippen LogP) is 3.41. The number of hydrogen-bond acceptors (Lipinski definition) is 7. The molecule has 1 aromatic heterocycles. The standard InChI is InChI=1S/C19H16F3N3O4S3/c20-19(21,22)7-12(30)24-13-15(26)25-8-18(17(27)28,9-31-16(13)25)32-11-3-1-10(2-4-11)14-23-5-6-29-14/h1-6,13,16H,7-9H2,(H,24,30)(H,27,28)/t13?,16-,18?/m1/s1. The minimum absolute atomic E-state index is 0.0603. The number of aliphatic carboxylic acids is 1. The number of benzene rings is 1. The number of carbonyl (C=O) groups excluding carboxylic acids is 1. The molecule has 2 fully saturated rings. The van der Waals surface area contributed by atoms with Crippen LogP contribution in [0.1, 0.15) is 6.42 Å². The molecule has 13 heteroatoms. The van der Waals surface area contributed by atoms with Crippen LogP contribution in [-0.2, 0) is 9.59 Å². The minimum Gasteiger partial charge on any atom is -0.480 e. The number of carboxylic acid groups (broad SMARTS) is 1. The molecule has 1 aromatic carbocycles. The first kappa shape index (κ1) is 22.9. The van der Waals surface area contributed by atoms with Crippen LogP contribution in [0, 0.1) is 0 Å². The van der Waals surface area contributed by atoms with Crippen molar-refractivity contribution < 1.29 is 32.3 Å². The molecule has 4 rings (SSSR count). The fraction of sp³-hybridized carbons (Fsp3) is 0.368. The lowest BCUT2D eigenvalue weighted by molar-refractivity contribution is -0.149. The smallest absolute Gasteiger partial charge is 0.395 e. The van der Waals surface area contributed by atoms with Crippen LogP contribution in [0.2, 0.25) is 0 Å². The third-order valence-corrected chi connectivity index (χ3v) is 8.29. The van der Waals surface area contributed by atoms with Crippen molar-refractivity contribution in [3.05, 3.63) is 36.7 Å². The largest absolute Gasteiger partial charge is 0.480 e. The fourth-order valence-electron chi connectivity index (χ4n) is 3.45. The van der Waals surface area contributed by atoms with Crippen molar-refractivity contribution in [1.29, 1.82) is 0 Å². The van der Waals surface area contributed by atoms with E-state index in [-0.39, 0.29) is 12.3 Å². The van der Waals surface area contributed by atoms with Gasteiger partial charge in [-0.1, -0.05) is 12.2 Å². The quantitative estimate of drug-likeness (QED) is 0.454. The monoisotopic (exact) mass is 503 g/mol. The zero-order valence-corrected chi connectivity index (χ0v) is 18.6. The zero-order valence-electron chi connectivity index (χ0n) is 16.2. The van der Waals surface area contributed by atoms with Crippen molar-refractivity contribution in [3.8, 4) is 11.5 Å². The molecule has 0 bridgehead atoms. The van der Waals surface area contributed by atoms with Crippen LogP contribution in [0.25, 0.3) is 11.5 Å². The van der Waals surface area contributed by atoms with Gasteiger partial charge in [-0.3, -0.25) is 9.59 Å². The van der Waals surface area contributed by atoms with Crippen LogP contribution in [0.4, 0.5) is 13.2 Å². The highest BCUT2D eigenvalue weighted by Gasteiger charge is 2.57. The van der Waals surface area contributed by atoms with Gasteiger partial charge in [0.05, 0.1) is 17.6 Å². The summed E-state index contributed by atoms with van der Waals surface area (Å²) in [6, 6.07) is 6.15. The topological polar surface area (TPSA) is 95.7 Å². The molecule has 2 unspecified atom stereocenters. The Labute approximate surface area is 194 Å². The number of halogens is 3. The Kier molecular flexibility index (Phi) is 6.16. The van der Waals surface area contributed by atoms with Crippen molar-refractivity contribution in [2.45, 2.75) is 33.7 Å². The van der Waals surface area contributed by atoms with Crippen LogP contribution >= 0.6 is 35.7 Å². The molecule has 0 spiro atoms. The van der Waals surface area contributed by atoms with Crippen molar-refractivity contribution in [2.75, 3.05) is 12.3 Å². The summed E-state index contributed by atoms with van der Waals surface area (Å²) in [6.45, 7) is -0.0603. The van der Waals surface area contributed by atoms with E-state index in [9.17, 15) is 27.9 Å². The van der Waals surface area contributed by atoms with Crippen molar-refractivity contribution in [3.63, 3.8) is 0 Å². The third-order valence-electron chi connectivity index (χ3n) is 4.97. The van der Waals surface area contributed by atoms with E-state index in [2.05, 4.69) is 10.3 Å². The summed E-state index contributed by atoms with van der Waals surface area (Å²) in [6.07, 6.45) is -2.79. The van der Waals surface area contributed by atoms with Gasteiger partial charge in [0.15, 0.2) is 0 Å². The number of oxazole rings is 1. The number of alkyl halides is 3. The summed E-state index contributed by atoms with van der Waals surface area (Å²) in [5.41, 5.74) is 0.739. The Balaban J connectivity index is 1.43. The summed E-state index contributed by atoms with van der Waals surface area (Å²) < 4.78 is 41.5. The van der Waals surface area contributed by atoms with E-state index in [4.69, 9.17) is 16.6 Å². The van der Waals surface area contributed by atoms with Crippen LogP contribution in [0.5, 0.6) is 0 Å². The van der Waals surface area contributed by atoms with Gasteiger partial charge in [-0.25, -0.2) is 4.98 Å². The molecule has 3 atom stereocenters. The Morgan fingerprint density at radius 1 is 1.41 bits per heavy atom. The van der Waals surface area contributed by atoms with Gasteiger partial charge in [0.25, 0.3) is 0 Å². The SMILES string of the molecule is O=C1C(NC(=S)CC(F)(F)F)[C@H]2SCC(Sc3ccc(-c4ncco4)cc3)(C(=O)O)CN12. The van der Waals surface area contributed by atoms with E-state index in [0.29, 0.717) is 10.8 Å². The van der Waals surface area contributed by atoms with Crippen molar-refractivity contribution >= 4 is 52.6 Å². The number of thiocarbonyl (C=S) groups is 1. The molecular formula is C19H16F3N3O4S3. The molecule has 0 radical (unpaired) electrons. The maximum atomic E-state index is 12.5. The first-order valence-electron chi connectivity index (χ1n) is 9.28. The molecule has 2 aromatic rings. The first-order valence-corrected chi connectivity index (χ1v) is 11.6. The molecular weight excluding hydrogens is 487 g/mol. The summed E-state index contributed by atoms with van der Waals surface area (Å²) in [5, 5.41) is 12.0. The molecule has 2 aliphatic heterocycles. The molecule has 0 saturated carbocycles. The molecule has 2 saturated heterocycles. The number of nitrogens with one attached hydrogen (secondary N) is 1. The lowest BCUT2D eigenvalue weighted by atomic mass is 10.0. The Morgan fingerprint density at radius 3 is 2.72 bits per heavy atom. The van der Waals surface area contributed by atoms with Gasteiger partial charge in [-0.2, -0.15) is 13.2 Å². The van der Waals surface area contributed by atoms with Gasteiger partial charge in [-0.05, 0) is 24.3 Å². The van der Waals surface area contributed by atoms with Gasteiger partial charge in [0.1, 0.15) is 22.4 Å². The van der Waals surface area contributed by atoms with Crippen LogP contribution in [0.15, 0.2) is 46.0 Å². The van der Waals surface area contributed by atoms with E-state index in [1.54, 1.807) is 24.3 Å². The molecule has 7 nitrogen and oxygen atoms in total. The summed E-state index contributed by atoms with van der Waals surface area (Å²) in [5.74, 6) is -0.911. The zero-order chi connectivity index (χ0) is 23.1. The van der Waals surface area contributed by atoms with Crippen molar-refractivity contribution in [1.82, 2.24) is 15.2 Å². The number of amides is 1. The number of carboxylic acids is 1. The molecule has 32 heavy (non-hydrogen) atoms. The second kappa shape index (κ2) is 8.60. The maximum Gasteiger partial charge on any atom is 0.395 e. The van der Waals surface area contributed by atoms with E-state index in [0.717, 1.165) is 17.3 Å². The molecule has 3 heterocycles. The molecule has 2 N–H and O–H groups in total. The van der Waals surface area contributed by atoms with E-state index >= 15 is 0 Å². The minimum atomic E-state index is -4.46. The van der Waals surface area contributed by atoms with Gasteiger partial charge in [0.2, 0.25) is 11.8 Å². The molecule has 170 valence electrons. The van der Waals surface area contributed by atoms with Crippen LogP contribution in [-0.4, -0.2) is 66.5 Å². The fourth-order valence-corrected chi connectivity index (χ4v) is 6.58. The lowest BCUT2D eigenvalue weighted by Gasteiger charge is -2.53. The lowest BCUT2D eigenvalue weighted by Crippen LogP contribution is -2.74. The normalized spacial score (nSPS) is 25.1. The predicted molar refractivity (Wildman–Crippen MR) is 116 cm³/mol. The highest BCUT2D eigenvalue weighted by Crippen LogP contribution is 2.46. The number of fused-ring (bicyclic) bond motifs is 1. The summed E-state index contributed by atoms with van der Waals surface area (Å²) in [4.78, 5) is 30.4. The van der Waals surface area contributed by atoms with Crippen molar-refractivity contribution in [2.24, 2.45) is 0 Å². The second-order valence-electron chi connectivity index (χ2n) is 7.27. The number of β-lactam (4-membered cyclic amide) rings is 1. The van der Waals surface area contributed by atoms with Gasteiger partial charge in [-0.15, -0.1) is 23.5 Å². The van der Waals surface area contributed by atoms with E-state index in [1.165, 1.54) is 29.1 Å². The average Bonchev–Trinajstić information content (AvgIpc) is 3.26. The Bertz CT molecular complexity index is 1030. The Hall–Kier alpha value is -2.25. The summed E-state index contributed by atoms with van der Waals surface area (Å²) in [7, 11) is 0. The summed E-state index contributed by atoms with van der Waals surface area (Å²) >= 11 is 7.06. The number of thioether (sulfide) groups is 2. The second-order valence-corrected chi connectivity index (χ2v) is 10.3. The van der Waals surface area contributed by atoms with E-state index in [1.807, 2.05) is 0 Å². The number of nitrogens with zero attached hydrogens (tertiary/aromatic N) is 2. The first-order chi connectivity index (χ1) is 15.1. The number of hydrogen-bond donors (Lipinski definition) is 2. The molecule has 0 aliphatic carbocycles. The highest BCUT2D eigenvalue weighted by molar-refractivity contribution is 8.05. The van der Waals surface area contributed by atoms with Gasteiger partial charge < -0.3 is 19.7 Å². The number of aromatic nitrogens is 1. The number of rotatable bonds is 6.